The Morgan fingerprint density at radius 3 is 2.81 bits per heavy atom. The summed E-state index contributed by atoms with van der Waals surface area (Å²) < 4.78 is 8.59. The van der Waals surface area contributed by atoms with Gasteiger partial charge in [0.1, 0.15) is 13.4 Å². The van der Waals surface area contributed by atoms with Crippen molar-refractivity contribution in [3.63, 3.8) is 0 Å². The van der Waals surface area contributed by atoms with Gasteiger partial charge < -0.3 is 0 Å². The molecule has 16 heavy (non-hydrogen) atoms. The van der Waals surface area contributed by atoms with E-state index < -0.39 is 0 Å². The Morgan fingerprint density at radius 1 is 1.25 bits per heavy atom. The van der Waals surface area contributed by atoms with E-state index >= 15 is 0 Å². The summed E-state index contributed by atoms with van der Waals surface area (Å²) in [6.07, 6.45) is 0. The van der Waals surface area contributed by atoms with E-state index in [-0.39, 0.29) is 0 Å². The quantitative estimate of drug-likeness (QED) is 0.613. The Kier molecular flexibility index (Phi) is 2.30. The van der Waals surface area contributed by atoms with Gasteiger partial charge in [0, 0.05) is 10.4 Å². The minimum absolute atomic E-state index is 0.740. The molecular weight excluding hydrogens is 235 g/mol. The summed E-state index contributed by atoms with van der Waals surface area (Å²) in [6.45, 7) is 2.01. The van der Waals surface area contributed by atoms with Gasteiger partial charge in [0.2, 0.25) is 0 Å². The number of aryl methyl sites for hydroxylation is 1. The van der Waals surface area contributed by atoms with Crippen molar-refractivity contribution in [2.75, 3.05) is 0 Å². The van der Waals surface area contributed by atoms with Crippen LogP contribution in [0.25, 0.3) is 21.5 Å². The van der Waals surface area contributed by atoms with Gasteiger partial charge in [-0.05, 0) is 24.4 Å². The maximum Gasteiger partial charge on any atom is 0.117 e. The highest BCUT2D eigenvalue weighted by Gasteiger charge is 2.12. The SMILES string of the molecule is [B]c1c(C)cc(-c2cccs2)c2nsnc12. The highest BCUT2D eigenvalue weighted by molar-refractivity contribution is 7.13. The molecule has 0 saturated carbocycles. The van der Waals surface area contributed by atoms with Gasteiger partial charge in [-0.15, -0.1) is 11.3 Å². The Labute approximate surface area is 103 Å². The normalized spacial score (nSPS) is 11.1. The third-order valence-electron chi connectivity index (χ3n) is 2.57. The van der Waals surface area contributed by atoms with E-state index in [0.717, 1.165) is 27.6 Å². The zero-order valence-electron chi connectivity index (χ0n) is 8.60. The lowest BCUT2D eigenvalue weighted by Crippen LogP contribution is -2.09. The minimum atomic E-state index is 0.740. The first-order valence-electron chi connectivity index (χ1n) is 4.82. The minimum Gasteiger partial charge on any atom is -0.174 e. The second-order valence-electron chi connectivity index (χ2n) is 3.59. The fourth-order valence-electron chi connectivity index (χ4n) is 1.71. The van der Waals surface area contributed by atoms with Crippen molar-refractivity contribution in [2.45, 2.75) is 6.92 Å². The van der Waals surface area contributed by atoms with Crippen LogP contribution in [0.2, 0.25) is 0 Å². The summed E-state index contributed by atoms with van der Waals surface area (Å²) in [5.41, 5.74) is 4.67. The van der Waals surface area contributed by atoms with Crippen molar-refractivity contribution in [1.82, 2.24) is 8.75 Å². The molecule has 0 aliphatic carbocycles. The zero-order valence-corrected chi connectivity index (χ0v) is 10.2. The van der Waals surface area contributed by atoms with Crippen LogP contribution in [-0.2, 0) is 0 Å². The highest BCUT2D eigenvalue weighted by atomic mass is 32.1. The van der Waals surface area contributed by atoms with Crippen molar-refractivity contribution < 1.29 is 0 Å². The van der Waals surface area contributed by atoms with E-state index in [1.165, 1.54) is 16.6 Å². The summed E-state index contributed by atoms with van der Waals surface area (Å²) in [5, 5.41) is 2.06. The molecule has 0 spiro atoms. The van der Waals surface area contributed by atoms with Crippen molar-refractivity contribution in [2.24, 2.45) is 0 Å². The number of nitrogens with zero attached hydrogens (tertiary/aromatic N) is 2. The number of hydrogen-bond donors (Lipinski definition) is 0. The molecule has 0 N–H and O–H groups in total. The number of benzene rings is 1. The van der Waals surface area contributed by atoms with Crippen LogP contribution in [0, 0.1) is 6.92 Å². The largest absolute Gasteiger partial charge is 0.174 e. The first-order valence-corrected chi connectivity index (χ1v) is 6.43. The second-order valence-corrected chi connectivity index (χ2v) is 5.07. The highest BCUT2D eigenvalue weighted by Crippen LogP contribution is 2.30. The summed E-state index contributed by atoms with van der Waals surface area (Å²) in [4.78, 5) is 1.21. The zero-order chi connectivity index (χ0) is 11.1. The molecular formula is C11H7BN2S2. The Hall–Kier alpha value is -1.20. The number of thiophene rings is 1. The molecule has 0 aliphatic heterocycles. The van der Waals surface area contributed by atoms with Crippen LogP contribution in [0.3, 0.4) is 0 Å². The van der Waals surface area contributed by atoms with E-state index in [1.54, 1.807) is 11.3 Å². The third-order valence-corrected chi connectivity index (χ3v) is 4.00. The topological polar surface area (TPSA) is 25.8 Å². The van der Waals surface area contributed by atoms with Crippen LogP contribution in [0.15, 0.2) is 23.6 Å². The first kappa shape index (κ1) is 9.99. The molecule has 3 rings (SSSR count). The molecule has 76 valence electrons. The van der Waals surface area contributed by atoms with Gasteiger partial charge in [-0.25, -0.2) is 0 Å². The van der Waals surface area contributed by atoms with E-state index in [0.29, 0.717) is 0 Å². The smallest absolute Gasteiger partial charge is 0.117 e. The third kappa shape index (κ3) is 1.39. The standard InChI is InChI=1S/C11H7BN2S2/c1-6-5-7(8-3-2-4-15-8)10-11(9(6)12)14-16-13-10/h2-5H,1H3. The summed E-state index contributed by atoms with van der Waals surface area (Å²) >= 11 is 2.92. The van der Waals surface area contributed by atoms with Gasteiger partial charge in [-0.1, -0.05) is 17.1 Å². The fourth-order valence-corrected chi connectivity index (χ4v) is 3.03. The van der Waals surface area contributed by atoms with Crippen LogP contribution < -0.4 is 5.46 Å². The Balaban J connectivity index is 2.41. The van der Waals surface area contributed by atoms with Gasteiger partial charge in [0.25, 0.3) is 0 Å². The van der Waals surface area contributed by atoms with Gasteiger partial charge in [0.15, 0.2) is 0 Å². The molecule has 2 heterocycles. The molecule has 1 aromatic carbocycles. The summed E-state index contributed by atoms with van der Waals surface area (Å²) in [7, 11) is 5.99. The monoisotopic (exact) mass is 242 g/mol. The molecule has 0 bridgehead atoms. The van der Waals surface area contributed by atoms with Crippen molar-refractivity contribution in [3.8, 4) is 10.4 Å². The second kappa shape index (κ2) is 3.68. The predicted molar refractivity (Wildman–Crippen MR) is 70.9 cm³/mol. The lowest BCUT2D eigenvalue weighted by molar-refractivity contribution is 1.52. The summed E-state index contributed by atoms with van der Waals surface area (Å²) in [6, 6.07) is 6.22. The number of fused-ring (bicyclic) bond motifs is 1. The number of hydrogen-bond acceptors (Lipinski definition) is 4. The Morgan fingerprint density at radius 2 is 2.06 bits per heavy atom. The van der Waals surface area contributed by atoms with Crippen LogP contribution in [0.4, 0.5) is 0 Å². The first-order chi connectivity index (χ1) is 7.77. The molecule has 0 atom stereocenters. The molecule has 0 amide bonds. The molecule has 2 nitrogen and oxygen atoms in total. The van der Waals surface area contributed by atoms with Crippen LogP contribution in [-0.4, -0.2) is 16.6 Å². The molecule has 0 aliphatic rings. The van der Waals surface area contributed by atoms with Crippen molar-refractivity contribution >= 4 is 47.4 Å². The van der Waals surface area contributed by atoms with Crippen LogP contribution >= 0.6 is 23.1 Å². The molecule has 0 fully saturated rings. The van der Waals surface area contributed by atoms with E-state index in [9.17, 15) is 0 Å². The lowest BCUT2D eigenvalue weighted by atomic mass is 9.88. The number of rotatable bonds is 1. The van der Waals surface area contributed by atoms with Crippen molar-refractivity contribution in [1.29, 1.82) is 0 Å². The number of aromatic nitrogens is 2. The summed E-state index contributed by atoms with van der Waals surface area (Å²) in [5.74, 6) is 0. The van der Waals surface area contributed by atoms with Gasteiger partial charge in [-0.2, -0.15) is 8.75 Å². The molecule has 0 saturated heterocycles. The molecule has 2 radical (unpaired) electrons. The van der Waals surface area contributed by atoms with E-state index in [1.807, 2.05) is 13.0 Å². The van der Waals surface area contributed by atoms with Crippen molar-refractivity contribution in [3.05, 3.63) is 29.1 Å². The maximum atomic E-state index is 5.99. The van der Waals surface area contributed by atoms with E-state index in [2.05, 4.69) is 26.3 Å². The van der Waals surface area contributed by atoms with Crippen LogP contribution in [0.1, 0.15) is 5.56 Å². The Bertz CT molecular complexity index is 643. The van der Waals surface area contributed by atoms with Gasteiger partial charge in [-0.3, -0.25) is 0 Å². The molecule has 2 aromatic heterocycles. The molecule has 3 aromatic rings. The van der Waals surface area contributed by atoms with Gasteiger partial charge in [0.05, 0.1) is 17.2 Å². The average Bonchev–Trinajstić information content (AvgIpc) is 2.93. The molecule has 0 unspecified atom stereocenters. The van der Waals surface area contributed by atoms with Crippen LogP contribution in [0.5, 0.6) is 0 Å². The average molecular weight is 242 g/mol. The van der Waals surface area contributed by atoms with E-state index in [4.69, 9.17) is 7.85 Å². The fraction of sp³-hybridized carbons (Fsp3) is 0.0909. The van der Waals surface area contributed by atoms with Gasteiger partial charge >= 0.3 is 0 Å². The molecule has 5 heteroatoms. The maximum absolute atomic E-state index is 5.99. The predicted octanol–water partition coefficient (Wildman–Crippen LogP) is 2.52. The lowest BCUT2D eigenvalue weighted by Gasteiger charge is -2.05.